The highest BCUT2D eigenvalue weighted by Crippen LogP contribution is 2.22. The molecule has 0 saturated carbocycles. The van der Waals surface area contributed by atoms with Crippen molar-refractivity contribution < 1.29 is 19.2 Å². The molecule has 0 amide bonds. The first-order valence-electron chi connectivity index (χ1n) is 3.37. The fourth-order valence-corrected chi connectivity index (χ4v) is 1.04. The smallest absolute Gasteiger partial charge is 0.208 e. The van der Waals surface area contributed by atoms with Crippen molar-refractivity contribution in [2.75, 3.05) is 0 Å². The van der Waals surface area contributed by atoms with Gasteiger partial charge in [0.15, 0.2) is 30.7 Å². The molecule has 1 heterocycles. The number of carbonyl (C=O) groups is 4. The highest BCUT2D eigenvalue weighted by molar-refractivity contribution is 6.11. The Hall–Kier alpha value is -1.85. The van der Waals surface area contributed by atoms with Crippen molar-refractivity contribution in [3.05, 3.63) is 0 Å². The molecule has 0 saturated heterocycles. The molecule has 6 nitrogen and oxygen atoms in total. The summed E-state index contributed by atoms with van der Waals surface area (Å²) >= 11 is 0. The van der Waals surface area contributed by atoms with Crippen LogP contribution in [0.5, 0.6) is 0 Å². The topological polar surface area (TPSA) is 92.7 Å². The maximum atomic E-state index is 10.6. The van der Waals surface area contributed by atoms with Crippen molar-refractivity contribution in [3.8, 4) is 0 Å². The van der Waals surface area contributed by atoms with E-state index in [2.05, 4.69) is 10.3 Å². The number of nitrogens with zero attached hydrogens (tertiary/aromatic N) is 1. The molecule has 1 rings (SSSR count). The minimum atomic E-state index is -1.95. The third-order valence-electron chi connectivity index (χ3n) is 1.98. The SMILES string of the molecule is O=CC1(C=O)N=CNC1(C=O)C=O. The summed E-state index contributed by atoms with van der Waals surface area (Å²) in [4.78, 5) is 45.9. The summed E-state index contributed by atoms with van der Waals surface area (Å²) in [5.74, 6) is 0. The monoisotopic (exact) mass is 182 g/mol. The van der Waals surface area contributed by atoms with E-state index < -0.39 is 11.1 Å². The third kappa shape index (κ3) is 0.915. The number of aldehydes is 4. The number of hydrogen-bond donors (Lipinski definition) is 1. The molecule has 0 aromatic rings. The Balaban J connectivity index is 3.27. The second kappa shape index (κ2) is 2.89. The Kier molecular flexibility index (Phi) is 2.05. The summed E-state index contributed by atoms with van der Waals surface area (Å²) in [7, 11) is 0. The lowest BCUT2D eigenvalue weighted by Crippen LogP contribution is -2.62. The van der Waals surface area contributed by atoms with Crippen LogP contribution in [0.2, 0.25) is 0 Å². The van der Waals surface area contributed by atoms with Crippen molar-refractivity contribution in [3.63, 3.8) is 0 Å². The summed E-state index contributed by atoms with van der Waals surface area (Å²) in [5.41, 5.74) is -3.83. The third-order valence-corrected chi connectivity index (χ3v) is 1.98. The second-order valence-corrected chi connectivity index (χ2v) is 2.57. The van der Waals surface area contributed by atoms with E-state index in [9.17, 15) is 19.2 Å². The van der Waals surface area contributed by atoms with E-state index >= 15 is 0 Å². The van der Waals surface area contributed by atoms with Gasteiger partial charge in [-0.2, -0.15) is 0 Å². The molecular weight excluding hydrogens is 176 g/mol. The van der Waals surface area contributed by atoms with Crippen LogP contribution in [0.4, 0.5) is 0 Å². The van der Waals surface area contributed by atoms with Gasteiger partial charge >= 0.3 is 0 Å². The minimum absolute atomic E-state index is 0.166. The highest BCUT2D eigenvalue weighted by atomic mass is 16.2. The lowest BCUT2D eigenvalue weighted by Gasteiger charge is -2.25. The average Bonchev–Trinajstić information content (AvgIpc) is 2.57. The van der Waals surface area contributed by atoms with Gasteiger partial charge in [-0.25, -0.2) is 0 Å². The first-order valence-corrected chi connectivity index (χ1v) is 3.37. The molecule has 0 aromatic heterocycles. The maximum Gasteiger partial charge on any atom is 0.208 e. The Labute approximate surface area is 73.0 Å². The van der Waals surface area contributed by atoms with Crippen LogP contribution in [-0.4, -0.2) is 42.6 Å². The summed E-state index contributed by atoms with van der Waals surface area (Å²) in [6, 6.07) is 0. The molecule has 0 aromatic carbocycles. The van der Waals surface area contributed by atoms with Crippen LogP contribution in [0.3, 0.4) is 0 Å². The lowest BCUT2D eigenvalue weighted by molar-refractivity contribution is -0.134. The van der Waals surface area contributed by atoms with Crippen LogP contribution in [0, 0.1) is 0 Å². The lowest BCUT2D eigenvalue weighted by atomic mass is 9.82. The molecule has 6 heteroatoms. The summed E-state index contributed by atoms with van der Waals surface area (Å²) in [6.45, 7) is 0. The molecular formula is C7H6N2O4. The van der Waals surface area contributed by atoms with Crippen molar-refractivity contribution in [1.29, 1.82) is 0 Å². The molecule has 0 spiro atoms. The normalized spacial score (nSPS) is 21.5. The zero-order valence-corrected chi connectivity index (χ0v) is 6.47. The van der Waals surface area contributed by atoms with Crippen molar-refractivity contribution >= 4 is 31.5 Å². The highest BCUT2D eigenvalue weighted by Gasteiger charge is 2.55. The standard InChI is InChI=1S/C7H6N2O4/c10-1-6(2-11)7(3-12,4-13)9-5-8-6/h1-5H,(H,8,9). The van der Waals surface area contributed by atoms with E-state index in [1.165, 1.54) is 0 Å². The van der Waals surface area contributed by atoms with E-state index in [-0.39, 0.29) is 25.1 Å². The number of rotatable bonds is 4. The number of hydrogen-bond acceptors (Lipinski definition) is 6. The molecule has 0 aliphatic carbocycles. The first-order chi connectivity index (χ1) is 6.20. The Bertz CT molecular complexity index is 281. The van der Waals surface area contributed by atoms with E-state index in [1.807, 2.05) is 0 Å². The molecule has 0 fully saturated rings. The van der Waals surface area contributed by atoms with E-state index in [4.69, 9.17) is 0 Å². The summed E-state index contributed by atoms with van der Waals surface area (Å²) in [6.07, 6.45) is 1.70. The molecule has 0 atom stereocenters. The minimum Gasteiger partial charge on any atom is -0.356 e. The van der Waals surface area contributed by atoms with Crippen molar-refractivity contribution in [2.45, 2.75) is 11.1 Å². The predicted octanol–water partition coefficient (Wildman–Crippen LogP) is -2.11. The van der Waals surface area contributed by atoms with Gasteiger partial charge in [0.1, 0.15) is 0 Å². The van der Waals surface area contributed by atoms with Crippen LogP contribution in [0.25, 0.3) is 0 Å². The Morgan fingerprint density at radius 1 is 1.00 bits per heavy atom. The van der Waals surface area contributed by atoms with Crippen molar-refractivity contribution in [2.24, 2.45) is 4.99 Å². The molecule has 1 aliphatic rings. The Morgan fingerprint density at radius 2 is 1.54 bits per heavy atom. The predicted molar refractivity (Wildman–Crippen MR) is 41.3 cm³/mol. The number of nitrogens with one attached hydrogen (secondary N) is 1. The summed E-state index contributed by atoms with van der Waals surface area (Å²) < 4.78 is 0. The van der Waals surface area contributed by atoms with Gasteiger partial charge in [0.05, 0.1) is 6.34 Å². The fraction of sp³-hybridized carbons (Fsp3) is 0.286. The molecule has 68 valence electrons. The van der Waals surface area contributed by atoms with Gasteiger partial charge in [0.2, 0.25) is 5.54 Å². The van der Waals surface area contributed by atoms with Crippen LogP contribution >= 0.6 is 0 Å². The average molecular weight is 182 g/mol. The largest absolute Gasteiger partial charge is 0.356 e. The zero-order chi connectivity index (χ0) is 9.95. The molecule has 1 N–H and O–H groups in total. The van der Waals surface area contributed by atoms with Gasteiger partial charge in [-0.05, 0) is 0 Å². The molecule has 13 heavy (non-hydrogen) atoms. The quantitative estimate of drug-likeness (QED) is 0.396. The fourth-order valence-electron chi connectivity index (χ4n) is 1.04. The summed E-state index contributed by atoms with van der Waals surface area (Å²) in [5, 5.41) is 2.27. The van der Waals surface area contributed by atoms with Gasteiger partial charge in [-0.1, -0.05) is 0 Å². The van der Waals surface area contributed by atoms with Crippen LogP contribution < -0.4 is 5.32 Å². The van der Waals surface area contributed by atoms with E-state index in [1.54, 1.807) is 0 Å². The molecule has 0 unspecified atom stereocenters. The van der Waals surface area contributed by atoms with Gasteiger partial charge in [0.25, 0.3) is 0 Å². The van der Waals surface area contributed by atoms with Crippen LogP contribution in [0.15, 0.2) is 4.99 Å². The Morgan fingerprint density at radius 3 is 1.85 bits per heavy atom. The molecule has 0 radical (unpaired) electrons. The van der Waals surface area contributed by atoms with Gasteiger partial charge < -0.3 is 24.5 Å². The van der Waals surface area contributed by atoms with Crippen molar-refractivity contribution in [1.82, 2.24) is 5.32 Å². The van der Waals surface area contributed by atoms with Crippen LogP contribution in [0.1, 0.15) is 0 Å². The van der Waals surface area contributed by atoms with E-state index in [0.717, 1.165) is 6.34 Å². The first kappa shape index (κ1) is 9.24. The van der Waals surface area contributed by atoms with Gasteiger partial charge in [0, 0.05) is 0 Å². The zero-order valence-electron chi connectivity index (χ0n) is 6.47. The molecule has 1 aliphatic heterocycles. The molecule has 0 bridgehead atoms. The van der Waals surface area contributed by atoms with Gasteiger partial charge in [-0.15, -0.1) is 0 Å². The second-order valence-electron chi connectivity index (χ2n) is 2.57. The van der Waals surface area contributed by atoms with Gasteiger partial charge in [-0.3, -0.25) is 4.99 Å². The van der Waals surface area contributed by atoms with E-state index in [0.29, 0.717) is 0 Å². The number of carbonyl (C=O) groups excluding carboxylic acids is 4. The number of aliphatic imine (C=N–C) groups is 1. The van der Waals surface area contributed by atoms with Crippen LogP contribution in [-0.2, 0) is 19.2 Å². The maximum absolute atomic E-state index is 10.6.